The topological polar surface area (TPSA) is 29.5 Å². The first kappa shape index (κ1) is 13.1. The molecule has 0 heterocycles. The Kier molecular flexibility index (Phi) is 5.43. The van der Waals surface area contributed by atoms with Crippen molar-refractivity contribution in [3.05, 3.63) is 35.6 Å². The van der Waals surface area contributed by atoms with Crippen LogP contribution in [0.15, 0.2) is 24.3 Å². The number of hydrogen-bond acceptors (Lipinski definition) is 2. The van der Waals surface area contributed by atoms with Gasteiger partial charge in [-0.15, -0.1) is 0 Å². The van der Waals surface area contributed by atoms with E-state index in [1.54, 1.807) is 12.1 Å². The molecule has 90 valence electrons. The van der Waals surface area contributed by atoms with Crippen molar-refractivity contribution in [3.8, 4) is 0 Å². The van der Waals surface area contributed by atoms with Crippen molar-refractivity contribution in [2.24, 2.45) is 0 Å². The van der Waals surface area contributed by atoms with Crippen molar-refractivity contribution < 1.29 is 14.2 Å². The first-order chi connectivity index (χ1) is 7.67. The van der Waals surface area contributed by atoms with Crippen LogP contribution in [0.2, 0.25) is 0 Å². The molecule has 0 aliphatic carbocycles. The molecule has 2 nitrogen and oxygen atoms in total. The second-order valence-corrected chi connectivity index (χ2v) is 3.80. The predicted molar refractivity (Wildman–Crippen MR) is 61.8 cm³/mol. The molecule has 16 heavy (non-hydrogen) atoms. The highest BCUT2D eigenvalue weighted by molar-refractivity contribution is 5.17. The average Bonchev–Trinajstić information content (AvgIpc) is 2.29. The molecule has 0 amide bonds. The van der Waals surface area contributed by atoms with Crippen LogP contribution in [0.4, 0.5) is 4.39 Å². The summed E-state index contributed by atoms with van der Waals surface area (Å²) in [6.07, 6.45) is 0.597. The number of benzene rings is 1. The van der Waals surface area contributed by atoms with Gasteiger partial charge in [-0.3, -0.25) is 0 Å². The maximum absolute atomic E-state index is 12.7. The van der Waals surface area contributed by atoms with Gasteiger partial charge in [0.15, 0.2) is 0 Å². The Morgan fingerprint density at radius 3 is 2.38 bits per heavy atom. The summed E-state index contributed by atoms with van der Waals surface area (Å²) in [7, 11) is 0. The van der Waals surface area contributed by atoms with Gasteiger partial charge in [0.05, 0.1) is 12.2 Å². The first-order valence-corrected chi connectivity index (χ1v) is 5.71. The third-order valence-corrected chi connectivity index (χ3v) is 2.57. The molecule has 0 spiro atoms. The molecule has 0 saturated carbocycles. The van der Waals surface area contributed by atoms with Crippen molar-refractivity contribution in [2.75, 3.05) is 6.61 Å². The van der Waals surface area contributed by atoms with Crippen LogP contribution in [0.25, 0.3) is 0 Å². The van der Waals surface area contributed by atoms with Crippen molar-refractivity contribution >= 4 is 0 Å². The van der Waals surface area contributed by atoms with Gasteiger partial charge in [0.1, 0.15) is 5.82 Å². The smallest absolute Gasteiger partial charge is 0.123 e. The minimum atomic E-state index is -0.532. The minimum Gasteiger partial charge on any atom is -0.390 e. The first-order valence-electron chi connectivity index (χ1n) is 5.71. The van der Waals surface area contributed by atoms with E-state index in [4.69, 9.17) is 4.74 Å². The zero-order valence-corrected chi connectivity index (χ0v) is 9.82. The molecule has 2 atom stereocenters. The Morgan fingerprint density at radius 1 is 1.25 bits per heavy atom. The average molecular weight is 226 g/mol. The van der Waals surface area contributed by atoms with Gasteiger partial charge in [0.25, 0.3) is 0 Å². The van der Waals surface area contributed by atoms with E-state index in [-0.39, 0.29) is 11.9 Å². The number of rotatable bonds is 6. The van der Waals surface area contributed by atoms with E-state index in [9.17, 15) is 9.50 Å². The molecule has 0 radical (unpaired) electrons. The summed E-state index contributed by atoms with van der Waals surface area (Å²) in [5.41, 5.74) is 0.923. The molecule has 2 unspecified atom stereocenters. The minimum absolute atomic E-state index is 0.143. The molecular weight excluding hydrogens is 207 g/mol. The van der Waals surface area contributed by atoms with Gasteiger partial charge in [-0.2, -0.15) is 0 Å². The fourth-order valence-corrected chi connectivity index (χ4v) is 1.71. The number of hydrogen-bond donors (Lipinski definition) is 1. The Balaban J connectivity index is 2.55. The van der Waals surface area contributed by atoms with Gasteiger partial charge in [0.2, 0.25) is 0 Å². The summed E-state index contributed by atoms with van der Waals surface area (Å²) in [5.74, 6) is -0.255. The van der Waals surface area contributed by atoms with Gasteiger partial charge < -0.3 is 9.84 Å². The number of halogens is 1. The molecule has 1 aromatic carbocycles. The van der Waals surface area contributed by atoms with Gasteiger partial charge >= 0.3 is 0 Å². The molecule has 0 bridgehead atoms. The number of aliphatic hydroxyl groups is 1. The SMILES string of the molecule is CCOC(CC)C(O)Cc1ccc(F)cc1. The van der Waals surface area contributed by atoms with Crippen LogP contribution in [0.5, 0.6) is 0 Å². The standard InChI is InChI=1S/C13H19FO2/c1-3-13(16-4-2)12(15)9-10-5-7-11(14)8-6-10/h5-8,12-13,15H,3-4,9H2,1-2H3. The molecule has 3 heteroatoms. The lowest BCUT2D eigenvalue weighted by Crippen LogP contribution is -2.30. The maximum atomic E-state index is 12.7. The highest BCUT2D eigenvalue weighted by atomic mass is 19.1. The second kappa shape index (κ2) is 6.61. The van der Waals surface area contributed by atoms with E-state index in [0.29, 0.717) is 13.0 Å². The second-order valence-electron chi connectivity index (χ2n) is 3.80. The molecule has 1 N–H and O–H groups in total. The summed E-state index contributed by atoms with van der Waals surface area (Å²) in [6, 6.07) is 6.20. The van der Waals surface area contributed by atoms with Gasteiger partial charge in [-0.25, -0.2) is 4.39 Å². The molecule has 1 rings (SSSR count). The third kappa shape index (κ3) is 3.91. The van der Waals surface area contributed by atoms with Crippen LogP contribution in [-0.2, 0) is 11.2 Å². The Morgan fingerprint density at radius 2 is 1.88 bits per heavy atom. The van der Waals surface area contributed by atoms with Gasteiger partial charge in [0, 0.05) is 13.0 Å². The molecule has 0 saturated heterocycles. The molecule has 0 fully saturated rings. The van der Waals surface area contributed by atoms with Gasteiger partial charge in [-0.1, -0.05) is 19.1 Å². The monoisotopic (exact) mass is 226 g/mol. The number of ether oxygens (including phenoxy) is 1. The molecule has 1 aromatic rings. The predicted octanol–water partition coefficient (Wildman–Crippen LogP) is 2.54. The Labute approximate surface area is 96.1 Å². The van der Waals surface area contributed by atoms with Crippen LogP contribution in [0.1, 0.15) is 25.8 Å². The Bertz CT molecular complexity index is 297. The largest absolute Gasteiger partial charge is 0.390 e. The van der Waals surface area contributed by atoms with Crippen molar-refractivity contribution in [1.29, 1.82) is 0 Å². The molecule has 0 aromatic heterocycles. The zero-order chi connectivity index (χ0) is 12.0. The zero-order valence-electron chi connectivity index (χ0n) is 9.82. The lowest BCUT2D eigenvalue weighted by atomic mass is 10.0. The fourth-order valence-electron chi connectivity index (χ4n) is 1.71. The van der Waals surface area contributed by atoms with Crippen LogP contribution < -0.4 is 0 Å². The summed E-state index contributed by atoms with van der Waals surface area (Å²) in [4.78, 5) is 0. The third-order valence-electron chi connectivity index (χ3n) is 2.57. The van der Waals surface area contributed by atoms with E-state index in [0.717, 1.165) is 12.0 Å². The van der Waals surface area contributed by atoms with Crippen molar-refractivity contribution in [2.45, 2.75) is 38.9 Å². The van der Waals surface area contributed by atoms with E-state index in [1.165, 1.54) is 12.1 Å². The van der Waals surface area contributed by atoms with Crippen LogP contribution in [0, 0.1) is 5.82 Å². The highest BCUT2D eigenvalue weighted by Gasteiger charge is 2.17. The number of aliphatic hydroxyl groups excluding tert-OH is 1. The van der Waals surface area contributed by atoms with E-state index < -0.39 is 6.10 Å². The highest BCUT2D eigenvalue weighted by Crippen LogP contribution is 2.12. The van der Waals surface area contributed by atoms with E-state index in [1.807, 2.05) is 13.8 Å². The molecule has 0 aliphatic rings. The van der Waals surface area contributed by atoms with Gasteiger partial charge in [-0.05, 0) is 31.0 Å². The maximum Gasteiger partial charge on any atom is 0.123 e. The van der Waals surface area contributed by atoms with Crippen LogP contribution in [0.3, 0.4) is 0 Å². The summed E-state index contributed by atoms with van der Waals surface area (Å²) < 4.78 is 18.1. The van der Waals surface area contributed by atoms with E-state index >= 15 is 0 Å². The van der Waals surface area contributed by atoms with Crippen LogP contribution >= 0.6 is 0 Å². The normalized spacial score (nSPS) is 14.8. The fraction of sp³-hybridized carbons (Fsp3) is 0.538. The van der Waals surface area contributed by atoms with Crippen molar-refractivity contribution in [1.82, 2.24) is 0 Å². The summed E-state index contributed by atoms with van der Waals surface area (Å²) >= 11 is 0. The lowest BCUT2D eigenvalue weighted by molar-refractivity contribution is -0.0334. The summed E-state index contributed by atoms with van der Waals surface area (Å²) in [5, 5.41) is 9.94. The van der Waals surface area contributed by atoms with Crippen LogP contribution in [-0.4, -0.2) is 23.9 Å². The van der Waals surface area contributed by atoms with Crippen molar-refractivity contribution in [3.63, 3.8) is 0 Å². The lowest BCUT2D eigenvalue weighted by Gasteiger charge is -2.21. The molecular formula is C13H19FO2. The molecule has 0 aliphatic heterocycles. The quantitative estimate of drug-likeness (QED) is 0.807. The van der Waals surface area contributed by atoms with E-state index in [2.05, 4.69) is 0 Å². The Hall–Kier alpha value is -0.930. The summed E-state index contributed by atoms with van der Waals surface area (Å²) in [6.45, 7) is 4.49.